The van der Waals surface area contributed by atoms with Crippen molar-refractivity contribution in [1.82, 2.24) is 24.2 Å². The zero-order chi connectivity index (χ0) is 22.7. The third kappa shape index (κ3) is 4.48. The molecule has 9 nitrogen and oxygen atoms in total. The predicted octanol–water partition coefficient (Wildman–Crippen LogP) is 2.67. The first-order valence-corrected chi connectivity index (χ1v) is 10.5. The van der Waals surface area contributed by atoms with E-state index in [0.717, 1.165) is 18.9 Å². The number of primary amides is 1. The second kappa shape index (κ2) is 9.20. The van der Waals surface area contributed by atoms with Gasteiger partial charge in [0.1, 0.15) is 17.2 Å². The van der Waals surface area contributed by atoms with E-state index in [1.807, 2.05) is 6.20 Å². The molecule has 3 aromatic rings. The average molecular weight is 436 g/mol. The van der Waals surface area contributed by atoms with Crippen LogP contribution < -0.4 is 11.1 Å². The minimum absolute atomic E-state index is 0.191. The molecule has 0 radical (unpaired) electrons. The molecule has 1 aliphatic heterocycles. The van der Waals surface area contributed by atoms with Crippen molar-refractivity contribution in [3.8, 4) is 6.07 Å². The quantitative estimate of drug-likeness (QED) is 0.588. The molecule has 0 spiro atoms. The Hall–Kier alpha value is -3.71. The lowest BCUT2D eigenvalue weighted by atomic mass is 9.93. The van der Waals surface area contributed by atoms with Crippen molar-refractivity contribution < 1.29 is 9.18 Å². The van der Waals surface area contributed by atoms with E-state index >= 15 is 0 Å². The molecular formula is C22H25FN8O. The number of amides is 1. The van der Waals surface area contributed by atoms with Crippen LogP contribution in [-0.2, 0) is 13.1 Å². The highest BCUT2D eigenvalue weighted by molar-refractivity contribution is 5.98. The van der Waals surface area contributed by atoms with Gasteiger partial charge in [-0.3, -0.25) is 14.4 Å². The van der Waals surface area contributed by atoms with Gasteiger partial charge in [-0.05, 0) is 37.6 Å². The largest absolute Gasteiger partial charge is 0.365 e. The van der Waals surface area contributed by atoms with Crippen LogP contribution in [-0.4, -0.2) is 43.2 Å². The molecule has 166 valence electrons. The number of nitrogens with one attached hydrogen (secondary N) is 1. The molecule has 3 heterocycles. The smallest absolute Gasteiger partial charge is 0.254 e. The molecule has 1 saturated heterocycles. The molecule has 1 unspecified atom stereocenters. The van der Waals surface area contributed by atoms with Gasteiger partial charge in [0, 0.05) is 43.9 Å². The number of nitrogens with zero attached hydrogens (tertiary/aromatic N) is 6. The topological polar surface area (TPSA) is 118 Å². The van der Waals surface area contributed by atoms with Crippen molar-refractivity contribution >= 4 is 17.4 Å². The first kappa shape index (κ1) is 21.5. The monoisotopic (exact) mass is 436 g/mol. The van der Waals surface area contributed by atoms with Gasteiger partial charge >= 0.3 is 0 Å². The molecule has 0 aliphatic carbocycles. The highest BCUT2D eigenvalue weighted by atomic mass is 19.1. The molecule has 2 aromatic heterocycles. The molecule has 1 amide bonds. The lowest BCUT2D eigenvalue weighted by Gasteiger charge is -2.35. The summed E-state index contributed by atoms with van der Waals surface area (Å²) in [6.45, 7) is 4.94. The van der Waals surface area contributed by atoms with Crippen molar-refractivity contribution in [1.29, 1.82) is 5.26 Å². The third-order valence-corrected chi connectivity index (χ3v) is 5.78. The SMILES string of the molecule is CCn1ccnc1CN1CCC(n2cc(C(N)=O)c(Nc3ccc(F)cc3)n2)[C@H](C#N)C1. The van der Waals surface area contributed by atoms with E-state index in [0.29, 0.717) is 25.2 Å². The molecule has 1 aliphatic rings. The van der Waals surface area contributed by atoms with Gasteiger partial charge < -0.3 is 15.6 Å². The maximum Gasteiger partial charge on any atom is 0.254 e. The van der Waals surface area contributed by atoms with Gasteiger partial charge in [-0.1, -0.05) is 0 Å². The van der Waals surface area contributed by atoms with Gasteiger partial charge in [-0.15, -0.1) is 0 Å². The Labute approximate surface area is 185 Å². The molecule has 1 aromatic carbocycles. The van der Waals surface area contributed by atoms with Crippen molar-refractivity contribution in [2.45, 2.75) is 32.5 Å². The summed E-state index contributed by atoms with van der Waals surface area (Å²) in [7, 11) is 0. The molecule has 32 heavy (non-hydrogen) atoms. The minimum atomic E-state index is -0.627. The Morgan fingerprint density at radius 3 is 2.84 bits per heavy atom. The zero-order valence-electron chi connectivity index (χ0n) is 17.8. The number of piperidine rings is 1. The van der Waals surface area contributed by atoms with Crippen LogP contribution in [0, 0.1) is 23.1 Å². The predicted molar refractivity (Wildman–Crippen MR) is 116 cm³/mol. The summed E-state index contributed by atoms with van der Waals surface area (Å²) in [5.74, 6) is -0.0377. The number of carbonyl (C=O) groups excluding carboxylic acids is 1. The van der Waals surface area contributed by atoms with E-state index in [1.54, 1.807) is 29.2 Å². The molecule has 4 rings (SSSR count). The summed E-state index contributed by atoms with van der Waals surface area (Å²) in [6.07, 6.45) is 6.02. The number of aromatic nitrogens is 4. The zero-order valence-corrected chi connectivity index (χ0v) is 17.8. The van der Waals surface area contributed by atoms with Gasteiger partial charge in [0.05, 0.1) is 24.6 Å². The molecule has 1 fully saturated rings. The van der Waals surface area contributed by atoms with Crippen LogP contribution >= 0.6 is 0 Å². The fourth-order valence-corrected chi connectivity index (χ4v) is 4.08. The Balaban J connectivity index is 1.52. The number of carbonyl (C=O) groups is 1. The van der Waals surface area contributed by atoms with Crippen LogP contribution in [0.2, 0.25) is 0 Å². The number of anilines is 2. The van der Waals surface area contributed by atoms with Crippen LogP contribution in [0.1, 0.15) is 35.6 Å². The number of likely N-dealkylation sites (tertiary alicyclic amines) is 1. The van der Waals surface area contributed by atoms with Gasteiger partial charge in [0.15, 0.2) is 5.82 Å². The van der Waals surface area contributed by atoms with Crippen LogP contribution in [0.3, 0.4) is 0 Å². The van der Waals surface area contributed by atoms with E-state index in [2.05, 4.69) is 37.9 Å². The highest BCUT2D eigenvalue weighted by Crippen LogP contribution is 2.30. The Kier molecular flexibility index (Phi) is 6.18. The van der Waals surface area contributed by atoms with Crippen LogP contribution in [0.4, 0.5) is 15.9 Å². The number of rotatable bonds is 7. The molecule has 0 bridgehead atoms. The van der Waals surface area contributed by atoms with Crippen molar-refractivity contribution in [2.24, 2.45) is 11.7 Å². The average Bonchev–Trinajstić information content (AvgIpc) is 3.42. The second-order valence-corrected chi connectivity index (χ2v) is 7.82. The van der Waals surface area contributed by atoms with E-state index in [1.165, 1.54) is 12.1 Å². The number of benzene rings is 1. The Morgan fingerprint density at radius 1 is 1.38 bits per heavy atom. The summed E-state index contributed by atoms with van der Waals surface area (Å²) in [6, 6.07) is 7.94. The van der Waals surface area contributed by atoms with E-state index in [9.17, 15) is 14.4 Å². The summed E-state index contributed by atoms with van der Waals surface area (Å²) < 4.78 is 16.9. The summed E-state index contributed by atoms with van der Waals surface area (Å²) in [5, 5.41) is 17.4. The maximum atomic E-state index is 13.2. The van der Waals surface area contributed by atoms with Crippen LogP contribution in [0.15, 0.2) is 42.9 Å². The van der Waals surface area contributed by atoms with Crippen molar-refractivity contribution in [3.05, 3.63) is 60.1 Å². The minimum Gasteiger partial charge on any atom is -0.365 e. The number of nitrogens with two attached hydrogens (primary N) is 1. The first-order chi connectivity index (χ1) is 15.5. The van der Waals surface area contributed by atoms with Gasteiger partial charge in [-0.25, -0.2) is 9.37 Å². The molecule has 3 N–H and O–H groups in total. The standard InChI is InChI=1S/C22H25FN8O/c1-2-30-10-8-26-20(30)14-29-9-7-19(15(11-24)12-29)31-13-18(21(25)32)22(28-31)27-17-5-3-16(23)4-6-17/h3-6,8,10,13,15,19H,2,7,9,12,14H2,1H3,(H2,25,32)(H,27,28)/t15-,19?/m1/s1. The third-order valence-electron chi connectivity index (χ3n) is 5.78. The van der Waals surface area contributed by atoms with Crippen molar-refractivity contribution in [2.75, 3.05) is 18.4 Å². The van der Waals surface area contributed by atoms with E-state index < -0.39 is 5.91 Å². The number of nitriles is 1. The van der Waals surface area contributed by atoms with Crippen molar-refractivity contribution in [3.63, 3.8) is 0 Å². The molecular weight excluding hydrogens is 411 g/mol. The first-order valence-electron chi connectivity index (χ1n) is 10.5. The molecule has 2 atom stereocenters. The van der Waals surface area contributed by atoms with Gasteiger partial charge in [0.2, 0.25) is 0 Å². The highest BCUT2D eigenvalue weighted by Gasteiger charge is 2.32. The van der Waals surface area contributed by atoms with E-state index in [-0.39, 0.29) is 29.2 Å². The van der Waals surface area contributed by atoms with Crippen LogP contribution in [0.5, 0.6) is 0 Å². The fraction of sp³-hybridized carbons (Fsp3) is 0.364. The lowest BCUT2D eigenvalue weighted by Crippen LogP contribution is -2.41. The normalized spacial score (nSPS) is 18.9. The number of aryl methyl sites for hydroxylation is 1. The Morgan fingerprint density at radius 2 is 2.16 bits per heavy atom. The van der Waals surface area contributed by atoms with Gasteiger partial charge in [-0.2, -0.15) is 10.4 Å². The number of imidazole rings is 1. The van der Waals surface area contributed by atoms with Gasteiger partial charge in [0.25, 0.3) is 5.91 Å². The summed E-state index contributed by atoms with van der Waals surface area (Å²) >= 11 is 0. The van der Waals surface area contributed by atoms with E-state index in [4.69, 9.17) is 5.73 Å². The number of halogens is 1. The fourth-order valence-electron chi connectivity index (χ4n) is 4.08. The maximum absolute atomic E-state index is 13.2. The number of hydrogen-bond acceptors (Lipinski definition) is 6. The summed E-state index contributed by atoms with van der Waals surface area (Å²) in [4.78, 5) is 18.6. The van der Waals surface area contributed by atoms with Crippen LogP contribution in [0.25, 0.3) is 0 Å². The molecule has 0 saturated carbocycles. The molecule has 10 heteroatoms. The number of hydrogen-bond donors (Lipinski definition) is 2. The second-order valence-electron chi connectivity index (χ2n) is 7.82. The Bertz CT molecular complexity index is 1130. The summed E-state index contributed by atoms with van der Waals surface area (Å²) in [5.41, 5.74) is 6.35. The lowest BCUT2D eigenvalue weighted by molar-refractivity contribution is 0.1000.